The van der Waals surface area contributed by atoms with Crippen LogP contribution in [0.25, 0.3) is 0 Å². The Balaban J connectivity index is 1.89. The van der Waals surface area contributed by atoms with Crippen LogP contribution in [0.1, 0.15) is 19.3 Å². The van der Waals surface area contributed by atoms with Gasteiger partial charge in [-0.1, -0.05) is 18.2 Å². The average Bonchev–Trinajstić information content (AvgIpc) is 2.46. The number of anilines is 1. The highest BCUT2D eigenvalue weighted by Crippen LogP contribution is 2.15. The van der Waals surface area contributed by atoms with Crippen molar-refractivity contribution in [2.75, 3.05) is 25.5 Å². The number of likely N-dealkylation sites (tertiary alicyclic amines) is 1. The van der Waals surface area contributed by atoms with Crippen molar-refractivity contribution in [3.63, 3.8) is 0 Å². The van der Waals surface area contributed by atoms with Crippen molar-refractivity contribution in [3.05, 3.63) is 30.3 Å². The van der Waals surface area contributed by atoms with Crippen LogP contribution in [0.4, 0.5) is 5.69 Å². The Hall–Kier alpha value is -1.02. The van der Waals surface area contributed by atoms with E-state index in [1.165, 1.54) is 38.0 Å². The summed E-state index contributed by atoms with van der Waals surface area (Å²) in [5.41, 5.74) is 1.26. The van der Waals surface area contributed by atoms with Crippen molar-refractivity contribution in [1.82, 2.24) is 4.90 Å². The molecule has 1 aromatic carbocycles. The maximum absolute atomic E-state index is 3.61. The predicted octanol–water partition coefficient (Wildman–Crippen LogP) is 2.58. The minimum Gasteiger partial charge on any atom is -0.382 e. The zero-order valence-corrected chi connectivity index (χ0v) is 9.45. The molecule has 0 saturated carbocycles. The van der Waals surface area contributed by atoms with Gasteiger partial charge in [-0.15, -0.1) is 0 Å². The molecule has 2 heteroatoms. The second-order valence-electron chi connectivity index (χ2n) is 4.44. The third kappa shape index (κ3) is 3.24. The maximum Gasteiger partial charge on any atom is 0.0342 e. The first-order valence-electron chi connectivity index (χ1n) is 5.85. The Kier molecular flexibility index (Phi) is 3.62. The molecule has 15 heavy (non-hydrogen) atoms. The van der Waals surface area contributed by atoms with Crippen LogP contribution in [-0.4, -0.2) is 31.1 Å². The van der Waals surface area contributed by atoms with Crippen LogP contribution < -0.4 is 5.32 Å². The van der Waals surface area contributed by atoms with E-state index in [1.807, 2.05) is 0 Å². The van der Waals surface area contributed by atoms with E-state index in [4.69, 9.17) is 0 Å². The third-order valence-corrected chi connectivity index (χ3v) is 3.10. The minimum atomic E-state index is 0.650. The summed E-state index contributed by atoms with van der Waals surface area (Å²) in [5, 5.41) is 3.61. The van der Waals surface area contributed by atoms with E-state index >= 15 is 0 Å². The van der Waals surface area contributed by atoms with Crippen LogP contribution >= 0.6 is 0 Å². The summed E-state index contributed by atoms with van der Waals surface area (Å²) in [6.45, 7) is 2.46. The molecule has 2 rings (SSSR count). The maximum atomic E-state index is 3.61. The number of para-hydroxylation sites is 1. The van der Waals surface area contributed by atoms with Gasteiger partial charge in [-0.3, -0.25) is 0 Å². The van der Waals surface area contributed by atoms with Crippen molar-refractivity contribution in [2.45, 2.75) is 25.3 Å². The second-order valence-corrected chi connectivity index (χ2v) is 4.44. The SMILES string of the molecule is CN1CCC[C@H](Nc2ccccc2)CC1. The Morgan fingerprint density at radius 2 is 1.93 bits per heavy atom. The lowest BCUT2D eigenvalue weighted by molar-refractivity contribution is 0.348. The lowest BCUT2D eigenvalue weighted by atomic mass is 10.1. The fourth-order valence-corrected chi connectivity index (χ4v) is 2.15. The monoisotopic (exact) mass is 204 g/mol. The minimum absolute atomic E-state index is 0.650. The van der Waals surface area contributed by atoms with Gasteiger partial charge in [-0.05, 0) is 51.5 Å². The Labute approximate surface area is 92.3 Å². The lowest BCUT2D eigenvalue weighted by Gasteiger charge is -2.17. The molecule has 1 N–H and O–H groups in total. The first kappa shape index (κ1) is 10.5. The van der Waals surface area contributed by atoms with Gasteiger partial charge in [0, 0.05) is 11.7 Å². The fraction of sp³-hybridized carbons (Fsp3) is 0.538. The lowest BCUT2D eigenvalue weighted by Crippen LogP contribution is -2.22. The molecule has 0 spiro atoms. The standard InChI is InChI=1S/C13H20N2/c1-15-10-5-8-13(9-11-15)14-12-6-3-2-4-7-12/h2-4,6-7,13-14H,5,8-11H2,1H3/t13-/m0/s1. The van der Waals surface area contributed by atoms with Crippen LogP contribution in [0.15, 0.2) is 30.3 Å². The zero-order chi connectivity index (χ0) is 10.5. The summed E-state index contributed by atoms with van der Waals surface area (Å²) in [4.78, 5) is 2.42. The van der Waals surface area contributed by atoms with E-state index in [2.05, 4.69) is 47.6 Å². The molecular weight excluding hydrogens is 184 g/mol. The number of benzene rings is 1. The molecule has 0 aromatic heterocycles. The highest BCUT2D eigenvalue weighted by Gasteiger charge is 2.13. The number of rotatable bonds is 2. The topological polar surface area (TPSA) is 15.3 Å². The molecule has 1 aliphatic heterocycles. The highest BCUT2D eigenvalue weighted by atomic mass is 15.1. The van der Waals surface area contributed by atoms with Gasteiger partial charge in [0.15, 0.2) is 0 Å². The van der Waals surface area contributed by atoms with Crippen molar-refractivity contribution >= 4 is 5.69 Å². The van der Waals surface area contributed by atoms with Gasteiger partial charge in [0.25, 0.3) is 0 Å². The number of nitrogens with zero attached hydrogens (tertiary/aromatic N) is 1. The quantitative estimate of drug-likeness (QED) is 0.796. The van der Waals surface area contributed by atoms with E-state index in [1.54, 1.807) is 0 Å². The van der Waals surface area contributed by atoms with Crippen molar-refractivity contribution < 1.29 is 0 Å². The van der Waals surface area contributed by atoms with Gasteiger partial charge in [-0.2, -0.15) is 0 Å². The molecule has 0 bridgehead atoms. The smallest absolute Gasteiger partial charge is 0.0342 e. The normalized spacial score (nSPS) is 23.4. The van der Waals surface area contributed by atoms with E-state index in [0.717, 1.165) is 0 Å². The third-order valence-electron chi connectivity index (χ3n) is 3.10. The first-order chi connectivity index (χ1) is 7.34. The largest absolute Gasteiger partial charge is 0.382 e. The van der Waals surface area contributed by atoms with Crippen molar-refractivity contribution in [3.8, 4) is 0 Å². The molecule has 0 unspecified atom stereocenters. The summed E-state index contributed by atoms with van der Waals surface area (Å²) in [7, 11) is 2.21. The van der Waals surface area contributed by atoms with E-state index in [9.17, 15) is 0 Å². The average molecular weight is 204 g/mol. The molecule has 0 radical (unpaired) electrons. The number of hydrogen-bond donors (Lipinski definition) is 1. The van der Waals surface area contributed by atoms with Crippen LogP contribution in [-0.2, 0) is 0 Å². The molecule has 1 aromatic rings. The molecule has 0 amide bonds. The van der Waals surface area contributed by atoms with Gasteiger partial charge < -0.3 is 10.2 Å². The molecule has 1 heterocycles. The van der Waals surface area contributed by atoms with E-state index < -0.39 is 0 Å². The van der Waals surface area contributed by atoms with E-state index in [0.29, 0.717) is 6.04 Å². The van der Waals surface area contributed by atoms with Gasteiger partial charge in [0.2, 0.25) is 0 Å². The molecule has 0 aliphatic carbocycles. The van der Waals surface area contributed by atoms with Crippen LogP contribution in [0.5, 0.6) is 0 Å². The van der Waals surface area contributed by atoms with Gasteiger partial charge in [0.1, 0.15) is 0 Å². The molecule has 1 saturated heterocycles. The first-order valence-corrected chi connectivity index (χ1v) is 5.85. The Bertz CT molecular complexity index is 284. The zero-order valence-electron chi connectivity index (χ0n) is 9.45. The summed E-state index contributed by atoms with van der Waals surface area (Å²) in [5.74, 6) is 0. The van der Waals surface area contributed by atoms with Crippen molar-refractivity contribution in [1.29, 1.82) is 0 Å². The number of nitrogens with one attached hydrogen (secondary N) is 1. The predicted molar refractivity (Wildman–Crippen MR) is 65.2 cm³/mol. The molecule has 1 aliphatic rings. The Morgan fingerprint density at radius 1 is 1.13 bits per heavy atom. The molecule has 82 valence electrons. The van der Waals surface area contributed by atoms with Gasteiger partial charge >= 0.3 is 0 Å². The van der Waals surface area contributed by atoms with Crippen molar-refractivity contribution in [2.24, 2.45) is 0 Å². The molecule has 1 atom stereocenters. The summed E-state index contributed by atoms with van der Waals surface area (Å²) in [6.07, 6.45) is 3.85. The summed E-state index contributed by atoms with van der Waals surface area (Å²) >= 11 is 0. The van der Waals surface area contributed by atoms with Gasteiger partial charge in [-0.25, -0.2) is 0 Å². The van der Waals surface area contributed by atoms with Crippen LogP contribution in [0.3, 0.4) is 0 Å². The summed E-state index contributed by atoms with van der Waals surface area (Å²) < 4.78 is 0. The molecule has 2 nitrogen and oxygen atoms in total. The second kappa shape index (κ2) is 5.17. The Morgan fingerprint density at radius 3 is 2.73 bits per heavy atom. The fourth-order valence-electron chi connectivity index (χ4n) is 2.15. The van der Waals surface area contributed by atoms with Crippen LogP contribution in [0.2, 0.25) is 0 Å². The van der Waals surface area contributed by atoms with E-state index in [-0.39, 0.29) is 0 Å². The summed E-state index contributed by atoms with van der Waals surface area (Å²) in [6, 6.07) is 11.2. The highest BCUT2D eigenvalue weighted by molar-refractivity contribution is 5.43. The van der Waals surface area contributed by atoms with Gasteiger partial charge in [0.05, 0.1) is 0 Å². The number of hydrogen-bond acceptors (Lipinski definition) is 2. The molecular formula is C13H20N2. The van der Waals surface area contributed by atoms with Crippen LogP contribution in [0, 0.1) is 0 Å². The molecule has 1 fully saturated rings.